The zero-order chi connectivity index (χ0) is 11.8. The molecule has 0 spiro atoms. The third-order valence-electron chi connectivity index (χ3n) is 2.76. The molecule has 0 radical (unpaired) electrons. The van der Waals surface area contributed by atoms with E-state index in [1.54, 1.807) is 0 Å². The van der Waals surface area contributed by atoms with Crippen molar-refractivity contribution < 1.29 is 9.90 Å². The van der Waals surface area contributed by atoms with Crippen molar-refractivity contribution in [3.05, 3.63) is 0 Å². The van der Waals surface area contributed by atoms with Crippen molar-refractivity contribution in [2.45, 2.75) is 57.5 Å². The lowest BCUT2D eigenvalue weighted by Gasteiger charge is -2.13. The smallest absolute Gasteiger partial charge is 0.320 e. The first-order chi connectivity index (χ1) is 7.74. The van der Waals surface area contributed by atoms with Crippen molar-refractivity contribution in [3.63, 3.8) is 0 Å². The number of carboxylic acid groups (broad SMARTS) is 1. The second-order valence-corrected chi connectivity index (χ2v) is 5.66. The predicted octanol–water partition coefficient (Wildman–Crippen LogP) is 2.51. The fraction of sp³-hybridized carbons (Fsp3) is 0.917. The van der Waals surface area contributed by atoms with Crippen molar-refractivity contribution in [2.75, 3.05) is 11.5 Å². The van der Waals surface area contributed by atoms with Gasteiger partial charge < -0.3 is 10.4 Å². The minimum Gasteiger partial charge on any atom is -0.480 e. The summed E-state index contributed by atoms with van der Waals surface area (Å²) < 4.78 is 0. The van der Waals surface area contributed by atoms with Gasteiger partial charge in [0.05, 0.1) is 0 Å². The highest BCUT2D eigenvalue weighted by Gasteiger charge is 2.27. The molecule has 3 nitrogen and oxygen atoms in total. The van der Waals surface area contributed by atoms with Gasteiger partial charge in [0.2, 0.25) is 0 Å². The molecule has 1 rings (SSSR count). The van der Waals surface area contributed by atoms with Gasteiger partial charge in [-0.05, 0) is 37.2 Å². The van der Waals surface area contributed by atoms with Crippen LogP contribution < -0.4 is 5.32 Å². The fourth-order valence-corrected chi connectivity index (χ4v) is 2.58. The highest BCUT2D eigenvalue weighted by Crippen LogP contribution is 2.20. The highest BCUT2D eigenvalue weighted by atomic mass is 32.2. The molecule has 1 fully saturated rings. The molecule has 0 aromatic carbocycles. The number of carbonyl (C=O) groups is 1. The Kier molecular flexibility index (Phi) is 6.88. The van der Waals surface area contributed by atoms with E-state index in [4.69, 9.17) is 5.11 Å². The second kappa shape index (κ2) is 7.96. The molecular weight excluding hydrogens is 222 g/mol. The van der Waals surface area contributed by atoms with E-state index >= 15 is 0 Å². The zero-order valence-corrected chi connectivity index (χ0v) is 10.9. The Morgan fingerprint density at radius 1 is 1.44 bits per heavy atom. The van der Waals surface area contributed by atoms with E-state index in [0.717, 1.165) is 25.0 Å². The number of carboxylic acids is 1. The van der Waals surface area contributed by atoms with Crippen molar-refractivity contribution in [3.8, 4) is 0 Å². The van der Waals surface area contributed by atoms with Crippen LogP contribution in [0.25, 0.3) is 0 Å². The normalized spacial score (nSPS) is 17.3. The quantitative estimate of drug-likeness (QED) is 0.581. The fourth-order valence-electron chi connectivity index (χ4n) is 1.57. The van der Waals surface area contributed by atoms with Gasteiger partial charge in [-0.2, -0.15) is 11.8 Å². The summed E-state index contributed by atoms with van der Waals surface area (Å²) in [6.45, 7) is 2.20. The number of hydrogen-bond acceptors (Lipinski definition) is 3. The van der Waals surface area contributed by atoms with Crippen molar-refractivity contribution in [1.82, 2.24) is 5.32 Å². The summed E-state index contributed by atoms with van der Waals surface area (Å²) in [5.74, 6) is 1.44. The summed E-state index contributed by atoms with van der Waals surface area (Å²) in [7, 11) is 0. The summed E-state index contributed by atoms with van der Waals surface area (Å²) >= 11 is 1.88. The number of unbranched alkanes of at least 4 members (excludes halogenated alkanes) is 2. The summed E-state index contributed by atoms with van der Waals surface area (Å²) in [6.07, 6.45) is 6.84. The number of aliphatic carboxylic acids is 1. The first-order valence-electron chi connectivity index (χ1n) is 6.30. The second-order valence-electron chi connectivity index (χ2n) is 4.44. The Morgan fingerprint density at radius 3 is 2.75 bits per heavy atom. The third-order valence-corrected chi connectivity index (χ3v) is 3.86. The van der Waals surface area contributed by atoms with Crippen LogP contribution in [0.2, 0.25) is 0 Å². The van der Waals surface area contributed by atoms with Crippen molar-refractivity contribution in [1.29, 1.82) is 0 Å². The Bertz CT molecular complexity index is 207. The lowest BCUT2D eigenvalue weighted by molar-refractivity contribution is -0.139. The zero-order valence-electron chi connectivity index (χ0n) is 10.1. The van der Waals surface area contributed by atoms with Crippen LogP contribution in [-0.2, 0) is 4.79 Å². The van der Waals surface area contributed by atoms with Crippen molar-refractivity contribution >= 4 is 17.7 Å². The highest BCUT2D eigenvalue weighted by molar-refractivity contribution is 7.99. The average molecular weight is 245 g/mol. The van der Waals surface area contributed by atoms with Crippen molar-refractivity contribution in [2.24, 2.45) is 0 Å². The minimum absolute atomic E-state index is 0.328. The maximum atomic E-state index is 11.0. The largest absolute Gasteiger partial charge is 0.480 e. The van der Waals surface area contributed by atoms with Gasteiger partial charge in [0.25, 0.3) is 0 Å². The molecule has 2 N–H and O–H groups in total. The van der Waals surface area contributed by atoms with E-state index in [0.29, 0.717) is 6.04 Å². The topological polar surface area (TPSA) is 49.3 Å². The lowest BCUT2D eigenvalue weighted by Crippen LogP contribution is -2.38. The van der Waals surface area contributed by atoms with E-state index in [1.165, 1.54) is 25.0 Å². The molecule has 94 valence electrons. The summed E-state index contributed by atoms with van der Waals surface area (Å²) in [5.41, 5.74) is 0. The van der Waals surface area contributed by atoms with Crippen LogP contribution in [0.1, 0.15) is 45.4 Å². The van der Waals surface area contributed by atoms with Crippen LogP contribution >= 0.6 is 11.8 Å². The van der Waals surface area contributed by atoms with Crippen LogP contribution in [0.15, 0.2) is 0 Å². The molecule has 4 heteroatoms. The van der Waals surface area contributed by atoms with E-state index in [2.05, 4.69) is 12.2 Å². The summed E-state index contributed by atoms with van der Waals surface area (Å²) in [4.78, 5) is 11.0. The third kappa shape index (κ3) is 6.38. The Hall–Kier alpha value is -0.220. The van der Waals surface area contributed by atoms with Crippen LogP contribution in [-0.4, -0.2) is 34.7 Å². The van der Waals surface area contributed by atoms with Gasteiger partial charge in [0.1, 0.15) is 6.04 Å². The molecule has 0 aromatic rings. The van der Waals surface area contributed by atoms with Gasteiger partial charge in [-0.25, -0.2) is 0 Å². The van der Waals surface area contributed by atoms with Gasteiger partial charge in [0, 0.05) is 6.04 Å². The molecule has 1 saturated carbocycles. The molecule has 1 aliphatic carbocycles. The Morgan fingerprint density at radius 2 is 2.19 bits per heavy atom. The minimum atomic E-state index is -0.693. The standard InChI is InChI=1S/C12H23NO2S/c1-2-3-4-8-16-9-7-11(12(14)15)13-10-5-6-10/h10-11,13H,2-9H2,1H3,(H,14,15). The molecule has 0 amide bonds. The van der Waals surface area contributed by atoms with E-state index in [1.807, 2.05) is 11.8 Å². The molecule has 0 bridgehead atoms. The summed E-state index contributed by atoms with van der Waals surface area (Å²) in [6, 6.07) is 0.150. The number of nitrogens with one attached hydrogen (secondary N) is 1. The summed E-state index contributed by atoms with van der Waals surface area (Å²) in [5, 5.41) is 12.2. The lowest BCUT2D eigenvalue weighted by atomic mass is 10.2. The first kappa shape index (κ1) is 13.8. The van der Waals surface area contributed by atoms with E-state index < -0.39 is 5.97 Å². The first-order valence-corrected chi connectivity index (χ1v) is 7.46. The molecular formula is C12H23NO2S. The Labute approximate surface area is 102 Å². The van der Waals surface area contributed by atoms with E-state index in [9.17, 15) is 4.79 Å². The average Bonchev–Trinajstić information content (AvgIpc) is 3.05. The van der Waals surface area contributed by atoms with Gasteiger partial charge in [0.15, 0.2) is 0 Å². The molecule has 0 saturated heterocycles. The molecule has 1 unspecified atom stereocenters. The Balaban J connectivity index is 2.00. The predicted molar refractivity (Wildman–Crippen MR) is 69.0 cm³/mol. The van der Waals surface area contributed by atoms with Crippen LogP contribution in [0.5, 0.6) is 0 Å². The molecule has 1 atom stereocenters. The number of rotatable bonds is 10. The van der Waals surface area contributed by atoms with Gasteiger partial charge in [-0.3, -0.25) is 4.79 Å². The molecule has 0 aliphatic heterocycles. The van der Waals surface area contributed by atoms with Gasteiger partial charge in [-0.15, -0.1) is 0 Å². The van der Waals surface area contributed by atoms with Crippen LogP contribution in [0.4, 0.5) is 0 Å². The number of hydrogen-bond donors (Lipinski definition) is 2. The van der Waals surface area contributed by atoms with Gasteiger partial charge in [-0.1, -0.05) is 19.8 Å². The molecule has 0 heterocycles. The van der Waals surface area contributed by atoms with E-state index in [-0.39, 0.29) is 6.04 Å². The maximum Gasteiger partial charge on any atom is 0.320 e. The molecule has 16 heavy (non-hydrogen) atoms. The molecule has 0 aromatic heterocycles. The van der Waals surface area contributed by atoms with Crippen LogP contribution in [0.3, 0.4) is 0 Å². The maximum absolute atomic E-state index is 11.0. The van der Waals surface area contributed by atoms with Crippen LogP contribution in [0, 0.1) is 0 Å². The van der Waals surface area contributed by atoms with Gasteiger partial charge >= 0.3 is 5.97 Å². The number of thioether (sulfide) groups is 1. The SMILES string of the molecule is CCCCCSCCC(NC1CC1)C(=O)O. The monoisotopic (exact) mass is 245 g/mol. The molecule has 1 aliphatic rings.